The summed E-state index contributed by atoms with van der Waals surface area (Å²) in [6.45, 7) is 2.18. The molecule has 1 aromatic heterocycles. The van der Waals surface area contributed by atoms with Gasteiger partial charge in [0, 0.05) is 6.04 Å². The molecule has 1 atom stereocenters. The van der Waals surface area contributed by atoms with Gasteiger partial charge in [-0.15, -0.1) is 10.2 Å². The van der Waals surface area contributed by atoms with Gasteiger partial charge in [0.1, 0.15) is 0 Å². The zero-order valence-electron chi connectivity index (χ0n) is 14.3. The number of nitrogens with one attached hydrogen (secondary N) is 1. The Labute approximate surface area is 142 Å². The minimum atomic E-state index is -0.445. The number of hydrogen-bond acceptors (Lipinski definition) is 4. The lowest BCUT2D eigenvalue weighted by atomic mass is 9.70. The Morgan fingerprint density at radius 3 is 1.96 bits per heavy atom. The van der Waals surface area contributed by atoms with Gasteiger partial charge in [-0.3, -0.25) is 0 Å². The third kappa shape index (κ3) is 2.95. The molecule has 0 aliphatic carbocycles. The Morgan fingerprint density at radius 1 is 1.00 bits per heavy atom. The van der Waals surface area contributed by atoms with Crippen LogP contribution in [0.2, 0.25) is 0 Å². The van der Waals surface area contributed by atoms with Crippen molar-refractivity contribution in [2.24, 2.45) is 7.05 Å². The minimum absolute atomic E-state index is 0.286. The van der Waals surface area contributed by atoms with Gasteiger partial charge in [-0.2, -0.15) is 4.80 Å². The average molecular weight is 321 g/mol. The van der Waals surface area contributed by atoms with Crippen molar-refractivity contribution in [3.8, 4) is 0 Å². The van der Waals surface area contributed by atoms with Crippen molar-refractivity contribution in [1.29, 1.82) is 0 Å². The van der Waals surface area contributed by atoms with Crippen LogP contribution in [0.25, 0.3) is 0 Å². The molecule has 0 saturated heterocycles. The van der Waals surface area contributed by atoms with Crippen LogP contribution < -0.4 is 5.32 Å². The summed E-state index contributed by atoms with van der Waals surface area (Å²) in [5.41, 5.74) is 1.90. The largest absolute Gasteiger partial charge is 0.317 e. The van der Waals surface area contributed by atoms with Crippen LogP contribution in [0.4, 0.5) is 0 Å². The minimum Gasteiger partial charge on any atom is -0.317 e. The summed E-state index contributed by atoms with van der Waals surface area (Å²) in [6.07, 6.45) is 0.837. The molecule has 0 bridgehead atoms. The molecular weight excluding hydrogens is 298 g/mol. The van der Waals surface area contributed by atoms with E-state index in [4.69, 9.17) is 0 Å². The van der Waals surface area contributed by atoms with Gasteiger partial charge in [-0.05, 0) is 36.7 Å². The molecule has 124 valence electrons. The Kier molecular flexibility index (Phi) is 4.71. The van der Waals surface area contributed by atoms with Crippen molar-refractivity contribution in [3.63, 3.8) is 0 Å². The van der Waals surface area contributed by atoms with Crippen molar-refractivity contribution in [2.45, 2.75) is 24.8 Å². The Hall–Kier alpha value is -2.53. The van der Waals surface area contributed by atoms with Crippen LogP contribution in [0.5, 0.6) is 0 Å². The molecule has 0 unspecified atom stereocenters. The topological polar surface area (TPSA) is 55.6 Å². The first kappa shape index (κ1) is 16.3. The fourth-order valence-corrected chi connectivity index (χ4v) is 3.21. The zero-order chi connectivity index (χ0) is 17.0. The van der Waals surface area contributed by atoms with Crippen LogP contribution in [0.3, 0.4) is 0 Å². The summed E-state index contributed by atoms with van der Waals surface area (Å²) in [4.78, 5) is 1.53. The summed E-state index contributed by atoms with van der Waals surface area (Å²) in [5.74, 6) is 0.726. The quantitative estimate of drug-likeness (QED) is 0.758. The van der Waals surface area contributed by atoms with Crippen LogP contribution in [-0.4, -0.2) is 33.3 Å². The van der Waals surface area contributed by atoms with E-state index in [0.717, 1.165) is 12.2 Å². The van der Waals surface area contributed by atoms with Gasteiger partial charge < -0.3 is 5.32 Å². The molecule has 1 heterocycles. The lowest BCUT2D eigenvalue weighted by Gasteiger charge is -2.34. The molecule has 0 spiro atoms. The molecule has 3 rings (SSSR count). The van der Waals surface area contributed by atoms with Gasteiger partial charge >= 0.3 is 0 Å². The average Bonchev–Trinajstić information content (AvgIpc) is 3.07. The molecule has 0 fully saturated rings. The van der Waals surface area contributed by atoms with Gasteiger partial charge in [0.15, 0.2) is 5.82 Å². The summed E-state index contributed by atoms with van der Waals surface area (Å²) < 4.78 is 0. The van der Waals surface area contributed by atoms with E-state index in [1.807, 2.05) is 19.2 Å². The van der Waals surface area contributed by atoms with Crippen LogP contribution in [0, 0.1) is 0 Å². The van der Waals surface area contributed by atoms with E-state index >= 15 is 0 Å². The molecule has 5 nitrogen and oxygen atoms in total. The summed E-state index contributed by atoms with van der Waals surface area (Å²) in [7, 11) is 3.79. The van der Waals surface area contributed by atoms with Gasteiger partial charge in [-0.1, -0.05) is 60.7 Å². The second-order valence-corrected chi connectivity index (χ2v) is 6.13. The third-order valence-corrected chi connectivity index (χ3v) is 4.53. The van der Waals surface area contributed by atoms with Gasteiger partial charge in [0.2, 0.25) is 0 Å². The van der Waals surface area contributed by atoms with Crippen molar-refractivity contribution >= 4 is 0 Å². The van der Waals surface area contributed by atoms with Crippen LogP contribution in [0.1, 0.15) is 30.3 Å². The highest BCUT2D eigenvalue weighted by Gasteiger charge is 2.41. The maximum atomic E-state index is 4.59. The number of nitrogens with zero attached hydrogens (tertiary/aromatic N) is 4. The maximum absolute atomic E-state index is 4.59. The Bertz CT molecular complexity index is 727. The standard InChI is InChI=1S/C19H23N5/c1-15(20-2)14-19(16-10-6-4-7-11-16,17-12-8-5-9-13-17)18-21-23-24(3)22-18/h4-13,15,20H,14H2,1-3H3/t15-/m0/s1. The van der Waals surface area contributed by atoms with E-state index in [-0.39, 0.29) is 6.04 Å². The summed E-state index contributed by atoms with van der Waals surface area (Å²) >= 11 is 0. The number of benzene rings is 2. The molecule has 0 aliphatic rings. The first-order valence-electron chi connectivity index (χ1n) is 8.19. The van der Waals surface area contributed by atoms with Gasteiger partial charge in [0.05, 0.1) is 12.5 Å². The van der Waals surface area contributed by atoms with E-state index in [9.17, 15) is 0 Å². The Balaban J connectivity index is 2.27. The third-order valence-electron chi connectivity index (χ3n) is 4.53. The smallest absolute Gasteiger partial charge is 0.189 e. The highest BCUT2D eigenvalue weighted by atomic mass is 15.6. The highest BCUT2D eigenvalue weighted by Crippen LogP contribution is 2.41. The number of aromatic nitrogens is 4. The van der Waals surface area contributed by atoms with Crippen LogP contribution in [-0.2, 0) is 12.5 Å². The van der Waals surface area contributed by atoms with E-state index in [1.54, 1.807) is 7.05 Å². The zero-order valence-corrected chi connectivity index (χ0v) is 14.3. The molecule has 24 heavy (non-hydrogen) atoms. The highest BCUT2D eigenvalue weighted by molar-refractivity contribution is 5.45. The Morgan fingerprint density at radius 2 is 1.54 bits per heavy atom. The predicted molar refractivity (Wildman–Crippen MR) is 94.7 cm³/mol. The monoisotopic (exact) mass is 321 g/mol. The van der Waals surface area contributed by atoms with E-state index in [0.29, 0.717) is 0 Å². The van der Waals surface area contributed by atoms with Crippen molar-refractivity contribution in [2.75, 3.05) is 7.05 Å². The first-order chi connectivity index (χ1) is 11.7. The fourth-order valence-electron chi connectivity index (χ4n) is 3.21. The lowest BCUT2D eigenvalue weighted by Crippen LogP contribution is -2.38. The van der Waals surface area contributed by atoms with Gasteiger partial charge in [0.25, 0.3) is 0 Å². The number of tetrazole rings is 1. The molecule has 0 aliphatic heterocycles. The van der Waals surface area contributed by atoms with Crippen LogP contribution in [0.15, 0.2) is 60.7 Å². The number of aryl methyl sites for hydroxylation is 1. The normalized spacial score (nSPS) is 13.0. The second kappa shape index (κ2) is 6.93. The lowest BCUT2D eigenvalue weighted by molar-refractivity contribution is 0.436. The molecular formula is C19H23N5. The molecule has 0 saturated carbocycles. The molecule has 2 aromatic carbocycles. The van der Waals surface area contributed by atoms with E-state index in [2.05, 4.69) is 76.2 Å². The second-order valence-electron chi connectivity index (χ2n) is 6.13. The maximum Gasteiger partial charge on any atom is 0.189 e. The first-order valence-corrected chi connectivity index (χ1v) is 8.19. The molecule has 0 amide bonds. The molecule has 3 aromatic rings. The molecule has 0 radical (unpaired) electrons. The molecule has 5 heteroatoms. The van der Waals surface area contributed by atoms with E-state index < -0.39 is 5.41 Å². The number of hydrogen-bond donors (Lipinski definition) is 1. The number of rotatable bonds is 6. The van der Waals surface area contributed by atoms with Gasteiger partial charge in [-0.25, -0.2) is 0 Å². The van der Waals surface area contributed by atoms with Crippen LogP contribution >= 0.6 is 0 Å². The summed E-state index contributed by atoms with van der Waals surface area (Å²) in [6, 6.07) is 21.2. The van der Waals surface area contributed by atoms with Crippen molar-refractivity contribution in [1.82, 2.24) is 25.5 Å². The SMILES string of the molecule is CN[C@@H](C)CC(c1ccccc1)(c1ccccc1)c1nnn(C)n1. The van der Waals surface area contributed by atoms with Crippen molar-refractivity contribution in [3.05, 3.63) is 77.6 Å². The van der Waals surface area contributed by atoms with E-state index in [1.165, 1.54) is 15.9 Å². The van der Waals surface area contributed by atoms with Crippen molar-refractivity contribution < 1.29 is 0 Å². The predicted octanol–water partition coefficient (Wildman–Crippen LogP) is 2.54. The molecule has 1 N–H and O–H groups in total. The fraction of sp³-hybridized carbons (Fsp3) is 0.316. The summed E-state index contributed by atoms with van der Waals surface area (Å²) in [5, 5.41) is 16.4.